The summed E-state index contributed by atoms with van der Waals surface area (Å²) in [7, 11) is 0. The molecule has 4 heteroatoms. The highest BCUT2D eigenvalue weighted by molar-refractivity contribution is 5.98. The summed E-state index contributed by atoms with van der Waals surface area (Å²) in [4.78, 5) is 18.0. The van der Waals surface area contributed by atoms with Crippen molar-refractivity contribution in [1.82, 2.24) is 9.88 Å². The van der Waals surface area contributed by atoms with Crippen molar-refractivity contribution < 1.29 is 4.79 Å². The van der Waals surface area contributed by atoms with Crippen LogP contribution in [-0.4, -0.2) is 34.9 Å². The van der Waals surface area contributed by atoms with Crippen LogP contribution in [0, 0.1) is 0 Å². The highest BCUT2D eigenvalue weighted by Gasteiger charge is 2.28. The fourth-order valence-electron chi connectivity index (χ4n) is 4.18. The summed E-state index contributed by atoms with van der Waals surface area (Å²) in [5.41, 5.74) is 4.78. The Morgan fingerprint density at radius 2 is 2.32 bits per heavy atom. The lowest BCUT2D eigenvalue weighted by molar-refractivity contribution is -0.116. The third kappa shape index (κ3) is 3.36. The largest absolute Gasteiger partial charge is 0.361 e. The molecule has 3 heterocycles. The van der Waals surface area contributed by atoms with Crippen LogP contribution in [0.5, 0.6) is 0 Å². The van der Waals surface area contributed by atoms with Gasteiger partial charge in [0.1, 0.15) is 0 Å². The van der Waals surface area contributed by atoms with Crippen LogP contribution in [0.1, 0.15) is 51.0 Å². The van der Waals surface area contributed by atoms with Crippen LogP contribution in [0.2, 0.25) is 0 Å². The Bertz CT molecular complexity index is 805. The summed E-state index contributed by atoms with van der Waals surface area (Å²) in [6.45, 7) is 4.42. The molecular weight excluding hydrogens is 310 g/mol. The van der Waals surface area contributed by atoms with Gasteiger partial charge in [0, 0.05) is 47.4 Å². The van der Waals surface area contributed by atoms with Gasteiger partial charge in [-0.05, 0) is 56.0 Å². The number of rotatable bonds is 5. The molecule has 0 bridgehead atoms. The van der Waals surface area contributed by atoms with Crippen molar-refractivity contribution in [1.29, 1.82) is 0 Å². The zero-order chi connectivity index (χ0) is 17.2. The average Bonchev–Trinajstić information content (AvgIpc) is 3.25. The van der Waals surface area contributed by atoms with Crippen molar-refractivity contribution in [3.8, 4) is 0 Å². The number of carbonyl (C=O) groups is 1. The van der Waals surface area contributed by atoms with E-state index in [-0.39, 0.29) is 5.91 Å². The second-order valence-corrected chi connectivity index (χ2v) is 7.34. The molecule has 4 rings (SSSR count). The van der Waals surface area contributed by atoms with E-state index in [4.69, 9.17) is 0 Å². The quantitative estimate of drug-likeness (QED) is 0.841. The van der Waals surface area contributed by atoms with E-state index in [9.17, 15) is 4.79 Å². The summed E-state index contributed by atoms with van der Waals surface area (Å²) in [6.07, 6.45) is 10.9. The van der Waals surface area contributed by atoms with Crippen LogP contribution < -0.4 is 5.32 Å². The molecule has 1 unspecified atom stereocenters. The second kappa shape index (κ2) is 7.04. The third-order valence-corrected chi connectivity index (χ3v) is 5.60. The van der Waals surface area contributed by atoms with Crippen LogP contribution >= 0.6 is 0 Å². The molecule has 4 nitrogen and oxygen atoms in total. The fourth-order valence-corrected chi connectivity index (χ4v) is 4.18. The van der Waals surface area contributed by atoms with E-state index in [1.54, 1.807) is 0 Å². The molecule has 1 amide bonds. The van der Waals surface area contributed by atoms with E-state index in [0.717, 1.165) is 37.0 Å². The molecular formula is C21H27N3O. The van der Waals surface area contributed by atoms with Gasteiger partial charge in [-0.15, -0.1) is 0 Å². The maximum absolute atomic E-state index is 12.0. The highest BCUT2D eigenvalue weighted by atomic mass is 16.1. The van der Waals surface area contributed by atoms with E-state index in [1.807, 2.05) is 6.07 Å². The number of benzene rings is 1. The minimum atomic E-state index is 0.108. The van der Waals surface area contributed by atoms with Gasteiger partial charge in [-0.2, -0.15) is 0 Å². The van der Waals surface area contributed by atoms with E-state index in [0.29, 0.717) is 12.5 Å². The SMILES string of the molecule is CCCCC(=O)Nc1ccc2[nH]cc(C3=CCN4CCCC4C3)c2c1. The Morgan fingerprint density at radius 1 is 1.40 bits per heavy atom. The zero-order valence-corrected chi connectivity index (χ0v) is 15.0. The lowest BCUT2D eigenvalue weighted by Gasteiger charge is -2.29. The van der Waals surface area contributed by atoms with Gasteiger partial charge in [-0.3, -0.25) is 9.69 Å². The fraction of sp³-hybridized carbons (Fsp3) is 0.476. The molecule has 0 spiro atoms. The predicted molar refractivity (Wildman–Crippen MR) is 104 cm³/mol. The first kappa shape index (κ1) is 16.4. The number of carbonyl (C=O) groups excluding carboxylic acids is 1. The normalized spacial score (nSPS) is 20.5. The van der Waals surface area contributed by atoms with E-state index in [2.05, 4.69) is 46.5 Å². The number of nitrogens with zero attached hydrogens (tertiary/aromatic N) is 1. The van der Waals surface area contributed by atoms with E-state index in [1.165, 1.54) is 35.9 Å². The monoisotopic (exact) mass is 337 g/mol. The number of aromatic nitrogens is 1. The lowest BCUT2D eigenvalue weighted by Crippen LogP contribution is -2.32. The first-order chi connectivity index (χ1) is 12.2. The Balaban J connectivity index is 1.57. The number of fused-ring (bicyclic) bond motifs is 2. The van der Waals surface area contributed by atoms with Crippen LogP contribution in [0.25, 0.3) is 16.5 Å². The Labute approximate surface area is 149 Å². The highest BCUT2D eigenvalue weighted by Crippen LogP contribution is 2.35. The average molecular weight is 337 g/mol. The minimum absolute atomic E-state index is 0.108. The summed E-state index contributed by atoms with van der Waals surface area (Å²) < 4.78 is 0. The summed E-state index contributed by atoms with van der Waals surface area (Å²) >= 11 is 0. The summed E-state index contributed by atoms with van der Waals surface area (Å²) in [5, 5.41) is 4.26. The molecule has 0 radical (unpaired) electrons. The summed E-state index contributed by atoms with van der Waals surface area (Å²) in [6, 6.07) is 6.88. The van der Waals surface area contributed by atoms with Crippen LogP contribution in [0.4, 0.5) is 5.69 Å². The van der Waals surface area contributed by atoms with Crippen LogP contribution in [-0.2, 0) is 4.79 Å². The molecule has 1 aromatic heterocycles. The number of hydrogen-bond donors (Lipinski definition) is 2. The number of unbranched alkanes of at least 4 members (excludes halogenated alkanes) is 1. The lowest BCUT2D eigenvalue weighted by atomic mass is 9.94. The van der Waals surface area contributed by atoms with Gasteiger partial charge in [0.15, 0.2) is 0 Å². The van der Waals surface area contributed by atoms with Crippen molar-refractivity contribution in [2.45, 2.75) is 51.5 Å². The molecule has 2 N–H and O–H groups in total. The topological polar surface area (TPSA) is 48.1 Å². The van der Waals surface area contributed by atoms with Crippen LogP contribution in [0.15, 0.2) is 30.5 Å². The zero-order valence-electron chi connectivity index (χ0n) is 15.0. The molecule has 1 fully saturated rings. The van der Waals surface area contributed by atoms with E-state index < -0.39 is 0 Å². The second-order valence-electron chi connectivity index (χ2n) is 7.34. The molecule has 0 saturated carbocycles. The molecule has 1 atom stereocenters. The molecule has 132 valence electrons. The molecule has 2 aliphatic heterocycles. The van der Waals surface area contributed by atoms with Gasteiger partial charge < -0.3 is 10.3 Å². The van der Waals surface area contributed by atoms with Crippen molar-refractivity contribution in [2.24, 2.45) is 0 Å². The van der Waals surface area contributed by atoms with Crippen molar-refractivity contribution in [3.05, 3.63) is 36.0 Å². The number of anilines is 1. The molecule has 1 saturated heterocycles. The molecule has 2 aliphatic rings. The molecule has 2 aromatic rings. The Morgan fingerprint density at radius 3 is 3.20 bits per heavy atom. The van der Waals surface area contributed by atoms with Gasteiger partial charge >= 0.3 is 0 Å². The summed E-state index contributed by atoms with van der Waals surface area (Å²) in [5.74, 6) is 0.108. The number of aromatic amines is 1. The van der Waals surface area contributed by atoms with Gasteiger partial charge in [-0.1, -0.05) is 19.4 Å². The minimum Gasteiger partial charge on any atom is -0.361 e. The number of nitrogens with one attached hydrogen (secondary N) is 2. The van der Waals surface area contributed by atoms with Crippen molar-refractivity contribution >= 4 is 28.1 Å². The van der Waals surface area contributed by atoms with Gasteiger partial charge in [-0.25, -0.2) is 0 Å². The van der Waals surface area contributed by atoms with Gasteiger partial charge in [0.25, 0.3) is 0 Å². The standard InChI is InChI=1S/C21H27N3O/c1-2-3-6-21(25)23-16-7-8-20-18(13-16)19(14-22-20)15-9-11-24-10-4-5-17(24)12-15/h7-9,13-14,17,22H,2-6,10-12H2,1H3,(H,23,25). The Kier molecular flexibility index (Phi) is 4.62. The molecule has 25 heavy (non-hydrogen) atoms. The van der Waals surface area contributed by atoms with E-state index >= 15 is 0 Å². The number of H-pyrrole nitrogens is 1. The molecule has 0 aliphatic carbocycles. The number of hydrogen-bond acceptors (Lipinski definition) is 2. The first-order valence-corrected chi connectivity index (χ1v) is 9.59. The number of amides is 1. The maximum atomic E-state index is 12.0. The molecule has 1 aromatic carbocycles. The van der Waals surface area contributed by atoms with Crippen molar-refractivity contribution in [2.75, 3.05) is 18.4 Å². The third-order valence-electron chi connectivity index (χ3n) is 5.60. The first-order valence-electron chi connectivity index (χ1n) is 9.59. The Hall–Kier alpha value is -2.07. The van der Waals surface area contributed by atoms with Crippen LogP contribution in [0.3, 0.4) is 0 Å². The van der Waals surface area contributed by atoms with Crippen molar-refractivity contribution in [3.63, 3.8) is 0 Å². The van der Waals surface area contributed by atoms with Gasteiger partial charge in [0.05, 0.1) is 0 Å². The van der Waals surface area contributed by atoms with Gasteiger partial charge in [0.2, 0.25) is 5.91 Å². The maximum Gasteiger partial charge on any atom is 0.224 e. The predicted octanol–water partition coefficient (Wildman–Crippen LogP) is 4.55. The smallest absolute Gasteiger partial charge is 0.224 e.